The number of nitrogens with zero attached hydrogens (tertiary/aromatic N) is 3. The third kappa shape index (κ3) is 3.83. The lowest BCUT2D eigenvalue weighted by molar-refractivity contribution is -0.115. The van der Waals surface area contributed by atoms with Crippen molar-refractivity contribution in [3.05, 3.63) is 65.7 Å². The van der Waals surface area contributed by atoms with Crippen molar-refractivity contribution < 1.29 is 9.90 Å². The summed E-state index contributed by atoms with van der Waals surface area (Å²) in [6, 6.07) is 13.6. The maximum absolute atomic E-state index is 11.8. The van der Waals surface area contributed by atoms with E-state index in [1.807, 2.05) is 42.5 Å². The second-order valence-electron chi connectivity index (χ2n) is 6.12. The van der Waals surface area contributed by atoms with E-state index >= 15 is 0 Å². The summed E-state index contributed by atoms with van der Waals surface area (Å²) >= 11 is 0. The average molecular weight is 335 g/mol. The number of allylic oxidation sites excluding steroid dienone is 1. The summed E-state index contributed by atoms with van der Waals surface area (Å²) in [5, 5.41) is 18.4. The van der Waals surface area contributed by atoms with Gasteiger partial charge in [0.15, 0.2) is 5.78 Å². The molecule has 2 aromatic carbocycles. The number of aryl methyl sites for hydroxylation is 1. The minimum atomic E-state index is 0.0568. The van der Waals surface area contributed by atoms with Crippen molar-refractivity contribution in [2.24, 2.45) is 0 Å². The number of Topliss-reactive ketones (excluding diaryl/α,β-unsaturated/α-hetero) is 1. The SMILES string of the molecule is C=C(C)C(=O)CCc1ccc(CCO)c(-n2nc3ccccc3n2)c1. The van der Waals surface area contributed by atoms with E-state index in [2.05, 4.69) is 16.8 Å². The predicted octanol–water partition coefficient (Wildman–Crippen LogP) is 3.03. The molecule has 5 nitrogen and oxygen atoms in total. The molecular weight excluding hydrogens is 314 g/mol. The number of ketones is 1. The van der Waals surface area contributed by atoms with Gasteiger partial charge in [-0.25, -0.2) is 0 Å². The molecule has 0 atom stereocenters. The molecule has 0 saturated carbocycles. The number of carbonyl (C=O) groups is 1. The molecule has 0 aliphatic rings. The first-order valence-electron chi connectivity index (χ1n) is 8.32. The first-order valence-corrected chi connectivity index (χ1v) is 8.32. The molecule has 0 saturated heterocycles. The summed E-state index contributed by atoms with van der Waals surface area (Å²) in [6.45, 7) is 5.48. The molecule has 0 aliphatic carbocycles. The zero-order valence-corrected chi connectivity index (χ0v) is 14.3. The summed E-state index contributed by atoms with van der Waals surface area (Å²) in [5.41, 5.74) is 5.06. The number of hydrogen-bond donors (Lipinski definition) is 1. The lowest BCUT2D eigenvalue weighted by Crippen LogP contribution is -2.07. The zero-order valence-electron chi connectivity index (χ0n) is 14.3. The highest BCUT2D eigenvalue weighted by Gasteiger charge is 2.11. The molecule has 0 spiro atoms. The Bertz CT molecular complexity index is 895. The van der Waals surface area contributed by atoms with Crippen LogP contribution in [-0.4, -0.2) is 32.5 Å². The fourth-order valence-corrected chi connectivity index (χ4v) is 2.72. The van der Waals surface area contributed by atoms with Crippen LogP contribution in [0.15, 0.2) is 54.6 Å². The Balaban J connectivity index is 1.95. The van der Waals surface area contributed by atoms with Crippen LogP contribution in [0.3, 0.4) is 0 Å². The van der Waals surface area contributed by atoms with Crippen LogP contribution in [0.4, 0.5) is 0 Å². The van der Waals surface area contributed by atoms with Crippen molar-refractivity contribution in [3.63, 3.8) is 0 Å². The summed E-state index contributed by atoms with van der Waals surface area (Å²) in [6.07, 6.45) is 1.60. The Labute approximate surface area is 146 Å². The smallest absolute Gasteiger partial charge is 0.158 e. The van der Waals surface area contributed by atoms with Gasteiger partial charge in [-0.1, -0.05) is 30.8 Å². The van der Waals surface area contributed by atoms with Crippen molar-refractivity contribution in [1.82, 2.24) is 15.0 Å². The highest BCUT2D eigenvalue weighted by molar-refractivity contribution is 5.94. The maximum atomic E-state index is 11.8. The Kier molecular flexibility index (Phi) is 5.05. The van der Waals surface area contributed by atoms with Gasteiger partial charge in [0.25, 0.3) is 0 Å². The number of aromatic nitrogens is 3. The summed E-state index contributed by atoms with van der Waals surface area (Å²) in [7, 11) is 0. The molecule has 1 aromatic heterocycles. The molecule has 3 rings (SSSR count). The lowest BCUT2D eigenvalue weighted by atomic mass is 10.0. The van der Waals surface area contributed by atoms with Crippen LogP contribution < -0.4 is 0 Å². The molecule has 0 fully saturated rings. The van der Waals surface area contributed by atoms with E-state index in [1.165, 1.54) is 0 Å². The van der Waals surface area contributed by atoms with E-state index in [-0.39, 0.29) is 12.4 Å². The standard InChI is InChI=1S/C20H21N3O2/c1-14(2)20(25)10-8-15-7-9-16(11-12-24)19(13-15)23-21-17-5-3-4-6-18(17)22-23/h3-7,9,13,24H,1,8,10-12H2,2H3. The van der Waals surface area contributed by atoms with Gasteiger partial charge in [-0.2, -0.15) is 4.80 Å². The van der Waals surface area contributed by atoms with Crippen LogP contribution in [0.2, 0.25) is 0 Å². The Morgan fingerprint density at radius 2 is 1.80 bits per heavy atom. The van der Waals surface area contributed by atoms with Gasteiger partial charge in [-0.05, 0) is 54.7 Å². The van der Waals surface area contributed by atoms with E-state index in [1.54, 1.807) is 11.7 Å². The van der Waals surface area contributed by atoms with Gasteiger partial charge in [-0.15, -0.1) is 10.2 Å². The number of hydrogen-bond acceptors (Lipinski definition) is 4. The van der Waals surface area contributed by atoms with E-state index in [0.29, 0.717) is 24.8 Å². The third-order valence-corrected chi connectivity index (χ3v) is 4.15. The van der Waals surface area contributed by atoms with Crippen LogP contribution in [0, 0.1) is 0 Å². The second-order valence-corrected chi connectivity index (χ2v) is 6.12. The van der Waals surface area contributed by atoms with Gasteiger partial charge < -0.3 is 5.11 Å². The number of aliphatic hydroxyl groups excluding tert-OH is 1. The molecule has 0 aliphatic heterocycles. The minimum Gasteiger partial charge on any atom is -0.396 e. The highest BCUT2D eigenvalue weighted by Crippen LogP contribution is 2.20. The van der Waals surface area contributed by atoms with Crippen molar-refractivity contribution in [2.45, 2.75) is 26.2 Å². The molecule has 1 heterocycles. The third-order valence-electron chi connectivity index (χ3n) is 4.15. The maximum Gasteiger partial charge on any atom is 0.158 e. The molecule has 1 N–H and O–H groups in total. The topological polar surface area (TPSA) is 68.0 Å². The quantitative estimate of drug-likeness (QED) is 0.674. The fraction of sp³-hybridized carbons (Fsp3) is 0.250. The van der Waals surface area contributed by atoms with Crippen LogP contribution >= 0.6 is 0 Å². The molecule has 0 amide bonds. The van der Waals surface area contributed by atoms with Gasteiger partial charge >= 0.3 is 0 Å². The predicted molar refractivity (Wildman–Crippen MR) is 97.8 cm³/mol. The largest absolute Gasteiger partial charge is 0.396 e. The summed E-state index contributed by atoms with van der Waals surface area (Å²) < 4.78 is 0. The van der Waals surface area contributed by atoms with Crippen molar-refractivity contribution in [3.8, 4) is 5.69 Å². The van der Waals surface area contributed by atoms with Crippen LogP contribution in [0.1, 0.15) is 24.5 Å². The number of benzene rings is 2. The molecule has 3 aromatic rings. The number of carbonyl (C=O) groups excluding carboxylic acids is 1. The van der Waals surface area contributed by atoms with E-state index < -0.39 is 0 Å². The fourth-order valence-electron chi connectivity index (χ4n) is 2.72. The van der Waals surface area contributed by atoms with E-state index in [0.717, 1.165) is 27.8 Å². The number of aliphatic hydroxyl groups is 1. The van der Waals surface area contributed by atoms with Crippen molar-refractivity contribution in [1.29, 1.82) is 0 Å². The van der Waals surface area contributed by atoms with Crippen LogP contribution in [-0.2, 0) is 17.6 Å². The first-order chi connectivity index (χ1) is 12.1. The molecule has 5 heteroatoms. The number of fused-ring (bicyclic) bond motifs is 1. The van der Waals surface area contributed by atoms with Gasteiger partial charge in [0.2, 0.25) is 0 Å². The van der Waals surface area contributed by atoms with E-state index in [4.69, 9.17) is 0 Å². The van der Waals surface area contributed by atoms with Gasteiger partial charge in [-0.3, -0.25) is 4.79 Å². The monoisotopic (exact) mass is 335 g/mol. The van der Waals surface area contributed by atoms with Crippen molar-refractivity contribution in [2.75, 3.05) is 6.61 Å². The van der Waals surface area contributed by atoms with Crippen LogP contribution in [0.25, 0.3) is 16.7 Å². The van der Waals surface area contributed by atoms with Crippen molar-refractivity contribution >= 4 is 16.8 Å². The van der Waals surface area contributed by atoms with Gasteiger partial charge in [0.05, 0.1) is 5.69 Å². The van der Waals surface area contributed by atoms with Gasteiger partial charge in [0.1, 0.15) is 11.0 Å². The summed E-state index contributed by atoms with van der Waals surface area (Å²) in [5.74, 6) is 0.0731. The highest BCUT2D eigenvalue weighted by atomic mass is 16.3. The molecule has 25 heavy (non-hydrogen) atoms. The minimum absolute atomic E-state index is 0.0568. The first kappa shape index (κ1) is 17.0. The van der Waals surface area contributed by atoms with E-state index in [9.17, 15) is 9.90 Å². The second kappa shape index (κ2) is 7.40. The lowest BCUT2D eigenvalue weighted by Gasteiger charge is -2.10. The normalized spacial score (nSPS) is 11.0. The average Bonchev–Trinajstić information content (AvgIpc) is 3.04. The molecular formula is C20H21N3O2. The number of rotatable bonds is 7. The Morgan fingerprint density at radius 3 is 2.40 bits per heavy atom. The molecule has 0 unspecified atom stereocenters. The Morgan fingerprint density at radius 1 is 1.12 bits per heavy atom. The Hall–Kier alpha value is -2.79. The van der Waals surface area contributed by atoms with Crippen LogP contribution in [0.5, 0.6) is 0 Å². The molecule has 128 valence electrons. The van der Waals surface area contributed by atoms with Gasteiger partial charge in [0, 0.05) is 13.0 Å². The molecule has 0 bridgehead atoms. The summed E-state index contributed by atoms with van der Waals surface area (Å²) in [4.78, 5) is 13.4. The molecule has 0 radical (unpaired) electrons. The zero-order chi connectivity index (χ0) is 17.8.